The van der Waals surface area contributed by atoms with Crippen LogP contribution < -0.4 is 0 Å². The second-order valence-electron chi connectivity index (χ2n) is 2.80. The molecule has 0 saturated carbocycles. The van der Waals surface area contributed by atoms with Crippen molar-refractivity contribution in [1.82, 2.24) is 0 Å². The second-order valence-corrected chi connectivity index (χ2v) is 2.80. The quantitative estimate of drug-likeness (QED) is 0.212. The molecule has 0 aromatic carbocycles. The average Bonchev–Trinajstić information content (AvgIpc) is 2.28. The van der Waals surface area contributed by atoms with Gasteiger partial charge in [-0.3, -0.25) is 4.84 Å². The highest BCUT2D eigenvalue weighted by Crippen LogP contribution is 2.02. The van der Waals surface area contributed by atoms with Gasteiger partial charge >= 0.3 is 0 Å². The average molecular weight is 210 g/mol. The van der Waals surface area contributed by atoms with E-state index in [1.807, 2.05) is 37.6 Å². The summed E-state index contributed by atoms with van der Waals surface area (Å²) >= 11 is 0. The maximum Gasteiger partial charge on any atom is 0.218 e. The first-order chi connectivity index (χ1) is 7.28. The van der Waals surface area contributed by atoms with Crippen molar-refractivity contribution in [2.75, 3.05) is 14.2 Å². The minimum atomic E-state index is 0.759. The van der Waals surface area contributed by atoms with E-state index >= 15 is 0 Å². The van der Waals surface area contributed by atoms with Crippen LogP contribution in [-0.2, 0) is 9.57 Å². The molecule has 0 aliphatic heterocycles. The fraction of sp³-hybridized carbons (Fsp3) is 0.417. The number of hydrogen-bond acceptors (Lipinski definition) is 2. The van der Waals surface area contributed by atoms with Crippen molar-refractivity contribution in [3.05, 3.63) is 36.8 Å². The van der Waals surface area contributed by atoms with E-state index in [0.29, 0.717) is 0 Å². The first-order valence-corrected chi connectivity index (χ1v) is 4.91. The number of methoxy groups -OCH3 is 1. The van der Waals surface area contributed by atoms with Gasteiger partial charge in [-0.2, -0.15) is 0 Å². The molecule has 3 nitrogen and oxygen atoms in total. The normalized spacial score (nSPS) is 13.0. The van der Waals surface area contributed by atoms with E-state index in [-0.39, 0.29) is 0 Å². The Balaban J connectivity index is 4.17. The van der Waals surface area contributed by atoms with E-state index in [1.54, 1.807) is 19.0 Å². The highest BCUT2D eigenvalue weighted by atomic mass is 16.6. The summed E-state index contributed by atoms with van der Waals surface area (Å²) in [5.41, 5.74) is 0. The van der Waals surface area contributed by atoms with E-state index in [1.165, 1.54) is 0 Å². The summed E-state index contributed by atoms with van der Waals surface area (Å²) in [5, 5.41) is 0. The van der Waals surface area contributed by atoms with Crippen LogP contribution in [-0.4, -0.2) is 25.2 Å². The number of allylic oxidation sites excluding steroid dienone is 3. The van der Waals surface area contributed by atoms with E-state index in [2.05, 4.69) is 6.58 Å². The van der Waals surface area contributed by atoms with E-state index in [9.17, 15) is 0 Å². The molecule has 0 N–H and O–H groups in total. The van der Waals surface area contributed by atoms with Crippen LogP contribution in [0.1, 0.15) is 19.8 Å². The third kappa shape index (κ3) is 6.55. The Bertz CT molecular complexity index is 265. The molecule has 0 saturated heterocycles. The van der Waals surface area contributed by atoms with Crippen molar-refractivity contribution in [3.8, 4) is 0 Å². The van der Waals surface area contributed by atoms with E-state index in [4.69, 9.17) is 9.57 Å². The van der Waals surface area contributed by atoms with Gasteiger partial charge in [-0.15, -0.1) is 6.58 Å². The molecular formula is C12H20NO2+. The van der Waals surface area contributed by atoms with Crippen LogP contribution in [0.3, 0.4) is 0 Å². The first kappa shape index (κ1) is 13.5. The second kappa shape index (κ2) is 9.06. The van der Waals surface area contributed by atoms with Crippen molar-refractivity contribution in [1.29, 1.82) is 0 Å². The van der Waals surface area contributed by atoms with Crippen molar-refractivity contribution in [2.45, 2.75) is 19.8 Å². The van der Waals surface area contributed by atoms with E-state index in [0.717, 1.165) is 18.6 Å². The van der Waals surface area contributed by atoms with Crippen LogP contribution in [0.15, 0.2) is 36.8 Å². The summed E-state index contributed by atoms with van der Waals surface area (Å²) in [6, 6.07) is 0. The Morgan fingerprint density at radius 2 is 2.13 bits per heavy atom. The van der Waals surface area contributed by atoms with Gasteiger partial charge in [0.15, 0.2) is 0 Å². The maximum atomic E-state index is 5.12. The lowest BCUT2D eigenvalue weighted by atomic mass is 10.3. The van der Waals surface area contributed by atoms with E-state index < -0.39 is 0 Å². The monoisotopic (exact) mass is 210 g/mol. The van der Waals surface area contributed by atoms with Gasteiger partial charge in [-0.25, -0.2) is 0 Å². The maximum absolute atomic E-state index is 5.12. The minimum absolute atomic E-state index is 0.759. The predicted molar refractivity (Wildman–Crippen MR) is 62.7 cm³/mol. The summed E-state index contributed by atoms with van der Waals surface area (Å²) in [7, 11) is 3.29. The number of rotatable bonds is 7. The molecule has 84 valence electrons. The summed E-state index contributed by atoms with van der Waals surface area (Å²) < 4.78 is 6.76. The van der Waals surface area contributed by atoms with Crippen LogP contribution in [0.4, 0.5) is 0 Å². The number of hydrogen-bond donors (Lipinski definition) is 0. The fourth-order valence-corrected chi connectivity index (χ4v) is 0.966. The number of hydroxylamine groups is 1. The number of ether oxygens (including phenoxy) is 1. The van der Waals surface area contributed by atoms with Gasteiger partial charge in [0.1, 0.15) is 7.11 Å². The molecule has 0 fully saturated rings. The lowest BCUT2D eigenvalue weighted by Crippen LogP contribution is -2.03. The third-order valence-corrected chi connectivity index (χ3v) is 1.82. The zero-order valence-electron chi connectivity index (χ0n) is 9.77. The largest absolute Gasteiger partial charge is 0.501 e. The van der Waals surface area contributed by atoms with Crippen molar-refractivity contribution in [2.24, 2.45) is 0 Å². The lowest BCUT2D eigenvalue weighted by Gasteiger charge is -1.99. The SMILES string of the molecule is C=CC/C=[N+](\C=C/C/C(=C\C)OC)OC. The summed E-state index contributed by atoms with van der Waals surface area (Å²) in [4.78, 5) is 5.08. The van der Waals surface area contributed by atoms with Gasteiger partial charge in [0.25, 0.3) is 0 Å². The molecule has 15 heavy (non-hydrogen) atoms. The first-order valence-electron chi connectivity index (χ1n) is 4.91. The molecule has 3 heteroatoms. The molecule has 0 rings (SSSR count). The zero-order chi connectivity index (χ0) is 11.5. The molecule has 0 radical (unpaired) electrons. The van der Waals surface area contributed by atoms with Gasteiger partial charge in [-0.05, 0) is 23.8 Å². The smallest absolute Gasteiger partial charge is 0.218 e. The summed E-state index contributed by atoms with van der Waals surface area (Å²) in [6.45, 7) is 5.58. The van der Waals surface area contributed by atoms with Crippen LogP contribution in [0, 0.1) is 0 Å². The van der Waals surface area contributed by atoms with Gasteiger partial charge < -0.3 is 4.74 Å². The highest BCUT2D eigenvalue weighted by Gasteiger charge is 1.96. The van der Waals surface area contributed by atoms with Gasteiger partial charge in [0, 0.05) is 12.8 Å². The topological polar surface area (TPSA) is 21.5 Å². The molecule has 0 aromatic heterocycles. The molecule has 0 aromatic rings. The Hall–Kier alpha value is -1.51. The van der Waals surface area contributed by atoms with Crippen molar-refractivity contribution < 1.29 is 14.3 Å². The molecule has 0 amide bonds. The Kier molecular flexibility index (Phi) is 8.15. The summed E-state index contributed by atoms with van der Waals surface area (Å²) in [6.07, 6.45) is 11.0. The van der Waals surface area contributed by atoms with Gasteiger partial charge in [0.2, 0.25) is 12.4 Å². The standard InChI is InChI=1S/C12H20NO2/c1-5-7-10-13(15-4)11-8-9-12(6-2)14-3/h5-6,8,10-11H,1,7,9H2,2-4H3/q+1/b11-8-,12-6+,13-10+. The molecule has 0 unspecified atom stereocenters. The Labute approximate surface area is 92.0 Å². The van der Waals surface area contributed by atoms with Crippen molar-refractivity contribution in [3.63, 3.8) is 0 Å². The predicted octanol–water partition coefficient (Wildman–Crippen LogP) is 2.66. The zero-order valence-corrected chi connectivity index (χ0v) is 9.77. The summed E-state index contributed by atoms with van der Waals surface area (Å²) in [5.74, 6) is 0.936. The molecular weight excluding hydrogens is 190 g/mol. The number of nitrogens with zero attached hydrogens (tertiary/aromatic N) is 1. The van der Waals surface area contributed by atoms with Gasteiger partial charge in [0.05, 0.1) is 12.9 Å². The molecule has 0 aliphatic rings. The van der Waals surface area contributed by atoms with Crippen LogP contribution >= 0.6 is 0 Å². The van der Waals surface area contributed by atoms with Crippen LogP contribution in [0.2, 0.25) is 0 Å². The Morgan fingerprint density at radius 1 is 1.40 bits per heavy atom. The highest BCUT2D eigenvalue weighted by molar-refractivity contribution is 5.53. The fourth-order valence-electron chi connectivity index (χ4n) is 0.966. The molecule has 0 atom stereocenters. The van der Waals surface area contributed by atoms with Crippen LogP contribution in [0.5, 0.6) is 0 Å². The molecule has 0 heterocycles. The Morgan fingerprint density at radius 3 is 2.60 bits per heavy atom. The molecule has 0 bridgehead atoms. The minimum Gasteiger partial charge on any atom is -0.501 e. The lowest BCUT2D eigenvalue weighted by molar-refractivity contribution is -0.729. The van der Waals surface area contributed by atoms with Crippen LogP contribution in [0.25, 0.3) is 0 Å². The van der Waals surface area contributed by atoms with Crippen molar-refractivity contribution >= 4 is 6.21 Å². The molecule has 0 aliphatic carbocycles. The molecule has 0 spiro atoms. The van der Waals surface area contributed by atoms with Gasteiger partial charge in [-0.1, -0.05) is 6.08 Å². The third-order valence-electron chi connectivity index (χ3n) is 1.82.